The highest BCUT2D eigenvalue weighted by molar-refractivity contribution is 7.91. The van der Waals surface area contributed by atoms with E-state index in [0.717, 1.165) is 7.05 Å². The number of alkyl halides is 6. The van der Waals surface area contributed by atoms with Gasteiger partial charge in [-0.25, -0.2) is 16.8 Å². The summed E-state index contributed by atoms with van der Waals surface area (Å²) in [6, 6.07) is -0.888. The zero-order valence-electron chi connectivity index (χ0n) is 15.2. The average Bonchev–Trinajstić information content (AvgIpc) is 2.91. The van der Waals surface area contributed by atoms with Gasteiger partial charge in [-0.3, -0.25) is 4.79 Å². The number of nitrogens with one attached hydrogen (secondary N) is 1. The molecule has 7 nitrogen and oxygen atoms in total. The van der Waals surface area contributed by atoms with Crippen molar-refractivity contribution in [2.24, 2.45) is 0 Å². The van der Waals surface area contributed by atoms with Gasteiger partial charge in [-0.1, -0.05) is 0 Å². The van der Waals surface area contributed by atoms with Crippen LogP contribution < -0.4 is 5.32 Å². The van der Waals surface area contributed by atoms with Crippen molar-refractivity contribution in [1.29, 1.82) is 0 Å². The maximum Gasteiger partial charge on any atom is 0.416 e. The van der Waals surface area contributed by atoms with E-state index in [1.54, 1.807) is 0 Å². The van der Waals surface area contributed by atoms with Gasteiger partial charge in [0.15, 0.2) is 9.84 Å². The van der Waals surface area contributed by atoms with E-state index < -0.39 is 66.7 Å². The third kappa shape index (κ3) is 5.85. The number of carbonyl (C=O) groups excluding carboxylic acids is 1. The molecule has 0 radical (unpaired) electrons. The van der Waals surface area contributed by atoms with E-state index in [9.17, 15) is 48.0 Å². The van der Waals surface area contributed by atoms with Gasteiger partial charge in [0.1, 0.15) is 0 Å². The number of likely N-dealkylation sites (N-methyl/N-ethyl adjacent to an activating group) is 1. The SMILES string of the molecule is CN(CC(=O)N[C@H]1CCS(=O)(=O)C1)S(=O)(=O)c1cc(C(F)(F)F)cc(C(F)(F)F)c1. The van der Waals surface area contributed by atoms with Crippen LogP contribution in [-0.2, 0) is 37.0 Å². The quantitative estimate of drug-likeness (QED) is 0.644. The number of benzene rings is 1. The molecule has 1 aromatic rings. The smallest absolute Gasteiger partial charge is 0.351 e. The van der Waals surface area contributed by atoms with E-state index in [2.05, 4.69) is 5.32 Å². The van der Waals surface area contributed by atoms with E-state index >= 15 is 0 Å². The molecule has 1 aliphatic rings. The van der Waals surface area contributed by atoms with Crippen molar-refractivity contribution in [2.75, 3.05) is 25.1 Å². The Morgan fingerprint density at radius 3 is 2.00 bits per heavy atom. The molecule has 0 aliphatic carbocycles. The lowest BCUT2D eigenvalue weighted by Gasteiger charge is -2.20. The lowest BCUT2D eigenvalue weighted by molar-refractivity contribution is -0.143. The third-order valence-electron chi connectivity index (χ3n) is 4.23. The molecule has 170 valence electrons. The summed E-state index contributed by atoms with van der Waals surface area (Å²) >= 11 is 0. The number of sulfone groups is 1. The zero-order valence-corrected chi connectivity index (χ0v) is 16.8. The van der Waals surface area contributed by atoms with Crippen LogP contribution in [0.25, 0.3) is 0 Å². The van der Waals surface area contributed by atoms with Crippen LogP contribution in [0.5, 0.6) is 0 Å². The fourth-order valence-corrected chi connectivity index (χ4v) is 5.60. The Balaban J connectivity index is 2.27. The van der Waals surface area contributed by atoms with Crippen LogP contribution >= 0.6 is 0 Å². The summed E-state index contributed by atoms with van der Waals surface area (Å²) in [4.78, 5) is 10.7. The summed E-state index contributed by atoms with van der Waals surface area (Å²) in [6.07, 6.45) is -10.4. The Hall–Kier alpha value is -1.87. The summed E-state index contributed by atoms with van der Waals surface area (Å²) in [5, 5.41) is 2.28. The van der Waals surface area contributed by atoms with Crippen LogP contribution in [0.2, 0.25) is 0 Å². The second kappa shape index (κ2) is 8.00. The first-order valence-corrected chi connectivity index (χ1v) is 11.4. The van der Waals surface area contributed by atoms with Crippen LogP contribution in [-0.4, -0.2) is 58.2 Å². The minimum absolute atomic E-state index is 0.0442. The van der Waals surface area contributed by atoms with Gasteiger partial charge in [-0.05, 0) is 24.6 Å². The second-order valence-corrected chi connectivity index (χ2v) is 10.9. The highest BCUT2D eigenvalue weighted by atomic mass is 32.2. The lowest BCUT2D eigenvalue weighted by atomic mass is 10.1. The van der Waals surface area contributed by atoms with Crippen molar-refractivity contribution in [3.05, 3.63) is 29.3 Å². The molecule has 1 atom stereocenters. The molecule has 1 aliphatic heterocycles. The topological polar surface area (TPSA) is 101 Å². The van der Waals surface area contributed by atoms with Gasteiger partial charge in [-0.15, -0.1) is 0 Å². The van der Waals surface area contributed by atoms with Crippen LogP contribution in [0, 0.1) is 0 Å². The second-order valence-electron chi connectivity index (χ2n) is 6.67. The number of hydrogen-bond acceptors (Lipinski definition) is 5. The van der Waals surface area contributed by atoms with E-state index in [4.69, 9.17) is 0 Å². The highest BCUT2D eigenvalue weighted by Gasteiger charge is 2.39. The largest absolute Gasteiger partial charge is 0.416 e. The maximum absolute atomic E-state index is 12.9. The number of halogens is 6. The predicted octanol–water partition coefficient (Wildman–Crippen LogP) is 1.65. The van der Waals surface area contributed by atoms with Gasteiger partial charge < -0.3 is 5.32 Å². The number of carbonyl (C=O) groups is 1. The molecule has 0 saturated carbocycles. The number of amides is 1. The van der Waals surface area contributed by atoms with Crippen molar-refractivity contribution in [1.82, 2.24) is 9.62 Å². The molecule has 0 unspecified atom stereocenters. The molecular weight excluding hydrogens is 466 g/mol. The molecule has 1 saturated heterocycles. The molecule has 15 heteroatoms. The molecule has 1 N–H and O–H groups in total. The Morgan fingerprint density at radius 1 is 1.10 bits per heavy atom. The van der Waals surface area contributed by atoms with E-state index in [1.165, 1.54) is 0 Å². The standard InChI is InChI=1S/C15H16F6N2O5S2/c1-23(7-13(24)22-11-2-3-29(25,26)8-11)30(27,28)12-5-9(14(16,17)18)4-10(6-12)15(19,20)21/h4-6,11H,2-3,7-8H2,1H3,(H,22,24)/t11-/m0/s1. The fourth-order valence-electron chi connectivity index (χ4n) is 2.72. The minimum atomic E-state index is -5.24. The van der Waals surface area contributed by atoms with Gasteiger partial charge in [0, 0.05) is 13.1 Å². The normalized spacial score (nSPS) is 19.8. The number of rotatable bonds is 5. The lowest BCUT2D eigenvalue weighted by Crippen LogP contribution is -2.43. The highest BCUT2D eigenvalue weighted by Crippen LogP contribution is 2.37. The zero-order chi connectivity index (χ0) is 23.1. The molecular formula is C15H16F6N2O5S2. The molecule has 1 aromatic carbocycles. The van der Waals surface area contributed by atoms with Crippen LogP contribution in [0.4, 0.5) is 26.3 Å². The summed E-state index contributed by atoms with van der Waals surface area (Å²) in [6.45, 7) is -0.934. The maximum atomic E-state index is 12.9. The van der Waals surface area contributed by atoms with Gasteiger partial charge in [0.25, 0.3) is 0 Å². The van der Waals surface area contributed by atoms with E-state index in [-0.39, 0.29) is 40.4 Å². The Kier molecular flexibility index (Phi) is 6.50. The van der Waals surface area contributed by atoms with Gasteiger partial charge in [0.2, 0.25) is 15.9 Å². The summed E-state index contributed by atoms with van der Waals surface area (Å²) < 4.78 is 126. The molecule has 2 rings (SSSR count). The summed E-state index contributed by atoms with van der Waals surface area (Å²) in [5.74, 6) is -1.47. The van der Waals surface area contributed by atoms with E-state index in [1.807, 2.05) is 0 Å². The van der Waals surface area contributed by atoms with Gasteiger partial charge in [-0.2, -0.15) is 30.6 Å². The third-order valence-corrected chi connectivity index (χ3v) is 7.78. The molecule has 1 heterocycles. The van der Waals surface area contributed by atoms with Crippen molar-refractivity contribution in [2.45, 2.75) is 29.7 Å². The van der Waals surface area contributed by atoms with Gasteiger partial charge >= 0.3 is 12.4 Å². The van der Waals surface area contributed by atoms with Crippen LogP contribution in [0.15, 0.2) is 23.1 Å². The molecule has 1 fully saturated rings. The fraction of sp³-hybridized carbons (Fsp3) is 0.533. The molecule has 0 aromatic heterocycles. The molecule has 0 spiro atoms. The first kappa shape index (κ1) is 24.4. The molecule has 30 heavy (non-hydrogen) atoms. The van der Waals surface area contributed by atoms with Crippen molar-refractivity contribution < 1.29 is 48.0 Å². The van der Waals surface area contributed by atoms with Gasteiger partial charge in [0.05, 0.1) is 34.1 Å². The summed E-state index contributed by atoms with van der Waals surface area (Å²) in [7, 11) is -7.44. The minimum Gasteiger partial charge on any atom is -0.351 e. The number of sulfonamides is 1. The van der Waals surface area contributed by atoms with Crippen LogP contribution in [0.1, 0.15) is 17.5 Å². The first-order chi connectivity index (χ1) is 13.4. The van der Waals surface area contributed by atoms with Crippen LogP contribution in [0.3, 0.4) is 0 Å². The van der Waals surface area contributed by atoms with Crippen molar-refractivity contribution in [3.8, 4) is 0 Å². The van der Waals surface area contributed by atoms with Crippen molar-refractivity contribution in [3.63, 3.8) is 0 Å². The Labute approximate surface area is 168 Å². The summed E-state index contributed by atoms with van der Waals surface area (Å²) in [5.41, 5.74) is -3.63. The molecule has 0 bridgehead atoms. The average molecular weight is 482 g/mol. The van der Waals surface area contributed by atoms with E-state index in [0.29, 0.717) is 0 Å². The first-order valence-electron chi connectivity index (χ1n) is 8.17. The van der Waals surface area contributed by atoms with Crippen molar-refractivity contribution >= 4 is 25.8 Å². The Morgan fingerprint density at radius 2 is 1.60 bits per heavy atom. The Bertz CT molecular complexity index is 1000. The number of hydrogen-bond donors (Lipinski definition) is 1. The predicted molar refractivity (Wildman–Crippen MR) is 91.5 cm³/mol. The molecule has 1 amide bonds. The number of nitrogens with zero attached hydrogens (tertiary/aromatic N) is 1. The monoisotopic (exact) mass is 482 g/mol.